The van der Waals surface area contributed by atoms with E-state index in [4.69, 9.17) is 0 Å². The summed E-state index contributed by atoms with van der Waals surface area (Å²) < 4.78 is 1.69. The van der Waals surface area contributed by atoms with Crippen LogP contribution in [0.4, 0.5) is 16.3 Å². The molecule has 0 aliphatic carbocycles. The summed E-state index contributed by atoms with van der Waals surface area (Å²) in [6.07, 6.45) is 4.30. The zero-order valence-electron chi connectivity index (χ0n) is 15.4. The highest BCUT2D eigenvalue weighted by Gasteiger charge is 2.04. The molecule has 3 aromatic rings. The van der Waals surface area contributed by atoms with Gasteiger partial charge in [0.05, 0.1) is 5.69 Å². The van der Waals surface area contributed by atoms with Crippen molar-refractivity contribution in [3.05, 3.63) is 60.2 Å². The third kappa shape index (κ3) is 5.27. The van der Waals surface area contributed by atoms with Crippen LogP contribution in [-0.4, -0.2) is 38.9 Å². The molecule has 0 aliphatic rings. The third-order valence-corrected chi connectivity index (χ3v) is 3.95. The molecular weight excluding hydrogens is 342 g/mol. The van der Waals surface area contributed by atoms with E-state index in [2.05, 4.69) is 37.9 Å². The monoisotopic (exact) mass is 365 g/mol. The van der Waals surface area contributed by atoms with E-state index in [-0.39, 0.29) is 6.03 Å². The summed E-state index contributed by atoms with van der Waals surface area (Å²) in [6, 6.07) is 11.3. The highest BCUT2D eigenvalue weighted by atomic mass is 16.2. The van der Waals surface area contributed by atoms with Crippen molar-refractivity contribution in [2.75, 3.05) is 23.7 Å². The highest BCUT2D eigenvalue weighted by molar-refractivity contribution is 5.89. The van der Waals surface area contributed by atoms with Crippen LogP contribution < -0.4 is 16.0 Å². The fourth-order valence-corrected chi connectivity index (χ4v) is 2.48. The molecule has 2 amide bonds. The molecule has 3 N–H and O–H groups in total. The molecule has 0 aliphatic heterocycles. The Kier molecular flexibility index (Phi) is 5.98. The fraction of sp³-hybridized carbons (Fsp3) is 0.263. The Morgan fingerprint density at radius 3 is 2.63 bits per heavy atom. The SMILES string of the molecule is CCc1ccc(NC(=O)NCCNc2cc(-n3ccc(C)n3)ncn2)cc1. The summed E-state index contributed by atoms with van der Waals surface area (Å²) in [5.41, 5.74) is 2.93. The fourth-order valence-electron chi connectivity index (χ4n) is 2.48. The first-order chi connectivity index (χ1) is 13.1. The predicted octanol–water partition coefficient (Wildman–Crippen LogP) is 2.77. The molecule has 1 aromatic carbocycles. The van der Waals surface area contributed by atoms with Crippen LogP contribution in [0.1, 0.15) is 18.2 Å². The van der Waals surface area contributed by atoms with Gasteiger partial charge in [-0.2, -0.15) is 5.10 Å². The summed E-state index contributed by atoms with van der Waals surface area (Å²) in [6.45, 7) is 5.01. The molecule has 0 atom stereocenters. The van der Waals surface area contributed by atoms with E-state index in [1.165, 1.54) is 11.9 Å². The van der Waals surface area contributed by atoms with Crippen molar-refractivity contribution in [3.8, 4) is 5.82 Å². The van der Waals surface area contributed by atoms with Gasteiger partial charge >= 0.3 is 6.03 Å². The second kappa shape index (κ2) is 8.79. The number of rotatable bonds is 7. The van der Waals surface area contributed by atoms with Crippen LogP contribution in [0.3, 0.4) is 0 Å². The van der Waals surface area contributed by atoms with Crippen molar-refractivity contribution in [1.82, 2.24) is 25.1 Å². The van der Waals surface area contributed by atoms with Gasteiger partial charge in [0, 0.05) is 31.0 Å². The Labute approximate surface area is 158 Å². The van der Waals surface area contributed by atoms with E-state index in [1.54, 1.807) is 4.68 Å². The molecule has 8 nitrogen and oxygen atoms in total. The molecule has 0 unspecified atom stereocenters. The predicted molar refractivity (Wildman–Crippen MR) is 105 cm³/mol. The number of benzene rings is 1. The topological polar surface area (TPSA) is 96.8 Å². The maximum absolute atomic E-state index is 11.9. The summed E-state index contributed by atoms with van der Waals surface area (Å²) in [5.74, 6) is 1.35. The number of hydrogen-bond donors (Lipinski definition) is 3. The lowest BCUT2D eigenvalue weighted by Gasteiger charge is -2.10. The van der Waals surface area contributed by atoms with Gasteiger partial charge in [0.1, 0.15) is 12.1 Å². The van der Waals surface area contributed by atoms with Crippen LogP contribution in [0.15, 0.2) is 48.9 Å². The van der Waals surface area contributed by atoms with Gasteiger partial charge < -0.3 is 16.0 Å². The number of nitrogens with zero attached hydrogens (tertiary/aromatic N) is 4. The van der Waals surface area contributed by atoms with Gasteiger partial charge in [-0.05, 0) is 37.1 Å². The van der Waals surface area contributed by atoms with Crippen molar-refractivity contribution in [2.24, 2.45) is 0 Å². The van der Waals surface area contributed by atoms with Gasteiger partial charge in [-0.1, -0.05) is 19.1 Å². The summed E-state index contributed by atoms with van der Waals surface area (Å²) in [4.78, 5) is 20.3. The number of amides is 2. The Bertz CT molecular complexity index is 889. The molecule has 2 aromatic heterocycles. The van der Waals surface area contributed by atoms with E-state index in [9.17, 15) is 4.79 Å². The molecule has 0 saturated carbocycles. The number of urea groups is 1. The normalized spacial score (nSPS) is 10.4. The second-order valence-corrected chi connectivity index (χ2v) is 6.02. The first-order valence-corrected chi connectivity index (χ1v) is 8.86. The van der Waals surface area contributed by atoms with Gasteiger partial charge in [-0.25, -0.2) is 19.4 Å². The third-order valence-electron chi connectivity index (χ3n) is 3.95. The van der Waals surface area contributed by atoms with Crippen LogP contribution in [0.25, 0.3) is 5.82 Å². The Hall–Kier alpha value is -3.42. The number of carbonyl (C=O) groups excluding carboxylic acids is 1. The quantitative estimate of drug-likeness (QED) is 0.560. The zero-order chi connectivity index (χ0) is 19.1. The summed E-state index contributed by atoms with van der Waals surface area (Å²) >= 11 is 0. The van der Waals surface area contributed by atoms with Crippen molar-refractivity contribution in [2.45, 2.75) is 20.3 Å². The average molecular weight is 365 g/mol. The Balaban J connectivity index is 1.43. The molecule has 27 heavy (non-hydrogen) atoms. The first kappa shape index (κ1) is 18.4. The van der Waals surface area contributed by atoms with E-state index >= 15 is 0 Å². The van der Waals surface area contributed by atoms with Gasteiger partial charge in [0.2, 0.25) is 0 Å². The molecule has 0 fully saturated rings. The molecular formula is C19H23N7O. The molecule has 0 bridgehead atoms. The lowest BCUT2D eigenvalue weighted by atomic mass is 10.1. The van der Waals surface area contributed by atoms with E-state index in [0.717, 1.165) is 17.8 Å². The zero-order valence-corrected chi connectivity index (χ0v) is 15.4. The lowest BCUT2D eigenvalue weighted by molar-refractivity contribution is 0.252. The average Bonchev–Trinajstić information content (AvgIpc) is 3.12. The van der Waals surface area contributed by atoms with Gasteiger partial charge in [-0.15, -0.1) is 0 Å². The van der Waals surface area contributed by atoms with Gasteiger partial charge in [0.15, 0.2) is 5.82 Å². The van der Waals surface area contributed by atoms with E-state index in [1.807, 2.05) is 49.5 Å². The molecule has 3 rings (SSSR count). The number of anilines is 2. The smallest absolute Gasteiger partial charge is 0.319 e. The molecule has 0 spiro atoms. The number of hydrogen-bond acceptors (Lipinski definition) is 5. The molecule has 2 heterocycles. The molecule has 0 saturated heterocycles. The number of aryl methyl sites for hydroxylation is 2. The Morgan fingerprint density at radius 1 is 1.11 bits per heavy atom. The first-order valence-electron chi connectivity index (χ1n) is 8.86. The van der Waals surface area contributed by atoms with Crippen molar-refractivity contribution >= 4 is 17.5 Å². The number of carbonyl (C=O) groups is 1. The van der Waals surface area contributed by atoms with Crippen LogP contribution in [0, 0.1) is 6.92 Å². The van der Waals surface area contributed by atoms with Crippen molar-refractivity contribution in [3.63, 3.8) is 0 Å². The summed E-state index contributed by atoms with van der Waals surface area (Å²) in [5, 5.41) is 13.1. The molecule has 0 radical (unpaired) electrons. The maximum atomic E-state index is 11.9. The standard InChI is InChI=1S/C19H23N7O/c1-3-15-4-6-16(7-5-15)24-19(27)21-10-9-20-17-12-18(23-13-22-17)26-11-8-14(2)25-26/h4-8,11-13H,3,9-10H2,1-2H3,(H,20,22,23)(H2,21,24,27). The minimum atomic E-state index is -0.239. The Morgan fingerprint density at radius 2 is 1.93 bits per heavy atom. The van der Waals surface area contributed by atoms with Crippen LogP contribution in [0.5, 0.6) is 0 Å². The summed E-state index contributed by atoms with van der Waals surface area (Å²) in [7, 11) is 0. The van der Waals surface area contributed by atoms with E-state index < -0.39 is 0 Å². The van der Waals surface area contributed by atoms with Crippen molar-refractivity contribution in [1.29, 1.82) is 0 Å². The minimum Gasteiger partial charge on any atom is -0.368 e. The number of nitrogens with one attached hydrogen (secondary N) is 3. The molecule has 8 heteroatoms. The highest BCUT2D eigenvalue weighted by Crippen LogP contribution is 2.10. The second-order valence-electron chi connectivity index (χ2n) is 6.02. The van der Waals surface area contributed by atoms with Crippen LogP contribution in [-0.2, 0) is 6.42 Å². The largest absolute Gasteiger partial charge is 0.368 e. The van der Waals surface area contributed by atoms with Crippen molar-refractivity contribution < 1.29 is 4.79 Å². The lowest BCUT2D eigenvalue weighted by Crippen LogP contribution is -2.32. The van der Waals surface area contributed by atoms with Gasteiger partial charge in [-0.3, -0.25) is 0 Å². The number of aromatic nitrogens is 4. The van der Waals surface area contributed by atoms with Crippen LogP contribution in [0.2, 0.25) is 0 Å². The van der Waals surface area contributed by atoms with Gasteiger partial charge in [0.25, 0.3) is 0 Å². The minimum absolute atomic E-state index is 0.239. The van der Waals surface area contributed by atoms with Crippen LogP contribution >= 0.6 is 0 Å². The maximum Gasteiger partial charge on any atom is 0.319 e. The van der Waals surface area contributed by atoms with E-state index in [0.29, 0.717) is 24.7 Å². The molecule has 140 valence electrons.